The number of methoxy groups -OCH3 is 1. The molecule has 0 aromatic heterocycles. The van der Waals surface area contributed by atoms with Crippen molar-refractivity contribution in [3.63, 3.8) is 0 Å². The van der Waals surface area contributed by atoms with E-state index in [9.17, 15) is 9.90 Å². The van der Waals surface area contributed by atoms with Crippen LogP contribution in [0.25, 0.3) is 0 Å². The number of rotatable bonds is 3. The van der Waals surface area contributed by atoms with Crippen molar-refractivity contribution in [2.24, 2.45) is 0 Å². The van der Waals surface area contributed by atoms with Crippen LogP contribution in [0.4, 0.5) is 5.69 Å². The average Bonchev–Trinajstić information content (AvgIpc) is 2.42. The van der Waals surface area contributed by atoms with Crippen molar-refractivity contribution in [1.82, 2.24) is 0 Å². The summed E-state index contributed by atoms with van der Waals surface area (Å²) in [5.74, 6) is -0.0315. The maximum atomic E-state index is 12.1. The van der Waals surface area contributed by atoms with Crippen LogP contribution in [0, 0.1) is 6.92 Å². The SMILES string of the molecule is COc1ccc(C(=O)Nc2cc(C)ccc2Br)cc1O. The Morgan fingerprint density at radius 3 is 2.65 bits per heavy atom. The van der Waals surface area contributed by atoms with Crippen LogP contribution in [-0.2, 0) is 0 Å². The Morgan fingerprint density at radius 1 is 1.25 bits per heavy atom. The highest BCUT2D eigenvalue weighted by molar-refractivity contribution is 9.10. The fourth-order valence-electron chi connectivity index (χ4n) is 1.76. The summed E-state index contributed by atoms with van der Waals surface area (Å²) < 4.78 is 5.74. The van der Waals surface area contributed by atoms with Gasteiger partial charge in [-0.2, -0.15) is 0 Å². The van der Waals surface area contributed by atoms with Gasteiger partial charge in [-0.1, -0.05) is 6.07 Å². The zero-order chi connectivity index (χ0) is 14.7. The number of halogens is 1. The number of hydrogen-bond donors (Lipinski definition) is 2. The Bertz CT molecular complexity index is 656. The Hall–Kier alpha value is -2.01. The number of phenolic OH excluding ortho intramolecular Hbond substituents is 1. The van der Waals surface area contributed by atoms with Crippen LogP contribution in [0.1, 0.15) is 15.9 Å². The molecule has 20 heavy (non-hydrogen) atoms. The number of anilines is 1. The first-order valence-corrected chi connectivity index (χ1v) is 6.75. The molecule has 0 spiro atoms. The summed E-state index contributed by atoms with van der Waals surface area (Å²) in [6.45, 7) is 1.95. The number of nitrogens with one attached hydrogen (secondary N) is 1. The summed E-state index contributed by atoms with van der Waals surface area (Å²) in [5.41, 5.74) is 2.09. The fourth-order valence-corrected chi connectivity index (χ4v) is 2.11. The third kappa shape index (κ3) is 3.11. The normalized spacial score (nSPS) is 10.2. The number of phenols is 1. The smallest absolute Gasteiger partial charge is 0.255 e. The largest absolute Gasteiger partial charge is 0.504 e. The summed E-state index contributed by atoms with van der Waals surface area (Å²) in [7, 11) is 1.46. The van der Waals surface area contributed by atoms with E-state index in [1.54, 1.807) is 12.1 Å². The van der Waals surface area contributed by atoms with Crippen LogP contribution in [0.2, 0.25) is 0 Å². The number of aromatic hydroxyl groups is 1. The summed E-state index contributed by atoms with van der Waals surface area (Å²) in [4.78, 5) is 12.1. The van der Waals surface area contributed by atoms with Gasteiger partial charge in [0, 0.05) is 10.0 Å². The van der Waals surface area contributed by atoms with Gasteiger partial charge in [0.25, 0.3) is 5.91 Å². The number of carbonyl (C=O) groups excluding carboxylic acids is 1. The molecule has 2 N–H and O–H groups in total. The molecule has 104 valence electrons. The van der Waals surface area contributed by atoms with Crippen molar-refractivity contribution >= 4 is 27.5 Å². The van der Waals surface area contributed by atoms with Crippen LogP contribution in [0.3, 0.4) is 0 Å². The number of ether oxygens (including phenoxy) is 1. The molecule has 4 nitrogen and oxygen atoms in total. The lowest BCUT2D eigenvalue weighted by Gasteiger charge is -2.09. The summed E-state index contributed by atoms with van der Waals surface area (Å²) in [5, 5.41) is 12.5. The minimum absolute atomic E-state index is 0.0662. The fraction of sp³-hybridized carbons (Fsp3) is 0.133. The molecule has 0 fully saturated rings. The number of aryl methyl sites for hydroxylation is 1. The summed E-state index contributed by atoms with van der Waals surface area (Å²) in [6, 6.07) is 10.2. The maximum Gasteiger partial charge on any atom is 0.255 e. The minimum Gasteiger partial charge on any atom is -0.504 e. The Labute approximate surface area is 125 Å². The number of carbonyl (C=O) groups is 1. The van der Waals surface area contributed by atoms with Crippen molar-refractivity contribution in [3.8, 4) is 11.5 Å². The lowest BCUT2D eigenvalue weighted by Crippen LogP contribution is -2.12. The van der Waals surface area contributed by atoms with Crippen LogP contribution in [0.5, 0.6) is 11.5 Å². The van der Waals surface area contributed by atoms with Gasteiger partial charge in [0.15, 0.2) is 11.5 Å². The van der Waals surface area contributed by atoms with Crippen molar-refractivity contribution in [2.75, 3.05) is 12.4 Å². The lowest BCUT2D eigenvalue weighted by atomic mass is 10.1. The van der Waals surface area contributed by atoms with Gasteiger partial charge in [-0.3, -0.25) is 4.79 Å². The van der Waals surface area contributed by atoms with E-state index in [4.69, 9.17) is 4.74 Å². The van der Waals surface area contributed by atoms with Gasteiger partial charge < -0.3 is 15.2 Å². The molecule has 0 saturated heterocycles. The molecule has 0 saturated carbocycles. The average molecular weight is 336 g/mol. The van der Waals surface area contributed by atoms with E-state index < -0.39 is 0 Å². The van der Waals surface area contributed by atoms with E-state index in [1.165, 1.54) is 13.2 Å². The van der Waals surface area contributed by atoms with Crippen molar-refractivity contribution in [3.05, 3.63) is 52.0 Å². The second kappa shape index (κ2) is 5.96. The van der Waals surface area contributed by atoms with E-state index in [0.717, 1.165) is 10.0 Å². The molecule has 2 rings (SSSR count). The van der Waals surface area contributed by atoms with E-state index >= 15 is 0 Å². The number of amides is 1. The van der Waals surface area contributed by atoms with Crippen LogP contribution < -0.4 is 10.1 Å². The monoisotopic (exact) mass is 335 g/mol. The van der Waals surface area contributed by atoms with Crippen LogP contribution in [-0.4, -0.2) is 18.1 Å². The van der Waals surface area contributed by atoms with Gasteiger partial charge in [-0.05, 0) is 58.7 Å². The second-order valence-electron chi connectivity index (χ2n) is 4.32. The number of hydrogen-bond acceptors (Lipinski definition) is 3. The maximum absolute atomic E-state index is 12.1. The predicted molar refractivity (Wildman–Crippen MR) is 81.5 cm³/mol. The highest BCUT2D eigenvalue weighted by Gasteiger charge is 2.11. The summed E-state index contributed by atoms with van der Waals surface area (Å²) in [6.07, 6.45) is 0. The Morgan fingerprint density at radius 2 is 2.00 bits per heavy atom. The predicted octanol–water partition coefficient (Wildman–Crippen LogP) is 3.72. The van der Waals surface area contributed by atoms with Gasteiger partial charge in [0.1, 0.15) is 0 Å². The van der Waals surface area contributed by atoms with Gasteiger partial charge in [0.2, 0.25) is 0 Å². The topological polar surface area (TPSA) is 58.6 Å². The molecular formula is C15H14BrNO3. The molecule has 0 bridgehead atoms. The summed E-state index contributed by atoms with van der Waals surface area (Å²) >= 11 is 3.38. The lowest BCUT2D eigenvalue weighted by molar-refractivity contribution is 0.102. The third-order valence-corrected chi connectivity index (χ3v) is 3.50. The van der Waals surface area contributed by atoms with Crippen LogP contribution in [0.15, 0.2) is 40.9 Å². The van der Waals surface area contributed by atoms with Gasteiger partial charge in [0.05, 0.1) is 12.8 Å². The van der Waals surface area contributed by atoms with Gasteiger partial charge in [-0.15, -0.1) is 0 Å². The zero-order valence-electron chi connectivity index (χ0n) is 11.1. The molecule has 0 aliphatic carbocycles. The molecular weight excluding hydrogens is 322 g/mol. The first kappa shape index (κ1) is 14.4. The van der Waals surface area contributed by atoms with Crippen molar-refractivity contribution in [1.29, 1.82) is 0 Å². The first-order valence-electron chi connectivity index (χ1n) is 5.96. The third-order valence-electron chi connectivity index (χ3n) is 2.81. The highest BCUT2D eigenvalue weighted by Crippen LogP contribution is 2.28. The molecule has 0 aliphatic heterocycles. The minimum atomic E-state index is -0.297. The molecule has 0 aliphatic rings. The molecule has 5 heteroatoms. The van der Waals surface area contributed by atoms with E-state index in [1.807, 2.05) is 25.1 Å². The standard InChI is InChI=1S/C15H14BrNO3/c1-9-3-5-11(16)12(7-9)17-15(19)10-4-6-14(20-2)13(18)8-10/h3-8,18H,1-2H3,(H,17,19). The molecule has 0 radical (unpaired) electrons. The zero-order valence-corrected chi connectivity index (χ0v) is 12.7. The molecule has 1 amide bonds. The molecule has 0 unspecified atom stereocenters. The van der Waals surface area contributed by atoms with Crippen LogP contribution >= 0.6 is 15.9 Å². The van der Waals surface area contributed by atoms with E-state index in [2.05, 4.69) is 21.2 Å². The van der Waals surface area contributed by atoms with E-state index in [-0.39, 0.29) is 11.7 Å². The van der Waals surface area contributed by atoms with Gasteiger partial charge in [-0.25, -0.2) is 0 Å². The van der Waals surface area contributed by atoms with Gasteiger partial charge >= 0.3 is 0 Å². The van der Waals surface area contributed by atoms with Crippen molar-refractivity contribution in [2.45, 2.75) is 6.92 Å². The molecule has 2 aromatic rings. The first-order chi connectivity index (χ1) is 9.51. The number of benzene rings is 2. The molecule has 0 atom stereocenters. The quantitative estimate of drug-likeness (QED) is 0.898. The molecule has 0 heterocycles. The van der Waals surface area contributed by atoms with E-state index in [0.29, 0.717) is 17.0 Å². The van der Waals surface area contributed by atoms with Crippen molar-refractivity contribution < 1.29 is 14.6 Å². The second-order valence-corrected chi connectivity index (χ2v) is 5.18. The highest BCUT2D eigenvalue weighted by atomic mass is 79.9. The molecule has 2 aromatic carbocycles. The Balaban J connectivity index is 2.24. The Kier molecular flexibility index (Phi) is 4.29.